The first kappa shape index (κ1) is 13.9. The van der Waals surface area contributed by atoms with Gasteiger partial charge in [-0.1, -0.05) is 18.2 Å². The van der Waals surface area contributed by atoms with Gasteiger partial charge in [-0.3, -0.25) is 0 Å². The first-order valence-electron chi connectivity index (χ1n) is 6.46. The molecule has 4 nitrogen and oxygen atoms in total. The number of benzene rings is 1. The standard InChI is InChI=1S/C16H16N2O2/c1-4-20-16(19)15-12(3)18(11(2)14(15)10-17)13-8-6-5-7-9-13/h5-9H,4H2,1-3H3. The van der Waals surface area contributed by atoms with Gasteiger partial charge in [-0.15, -0.1) is 0 Å². The molecule has 1 aromatic carbocycles. The minimum absolute atomic E-state index is 0.290. The van der Waals surface area contributed by atoms with E-state index in [-0.39, 0.29) is 0 Å². The first-order chi connectivity index (χ1) is 9.61. The van der Waals surface area contributed by atoms with E-state index in [0.717, 1.165) is 17.1 Å². The molecule has 0 atom stereocenters. The molecule has 0 aliphatic carbocycles. The lowest BCUT2D eigenvalue weighted by molar-refractivity contribution is 0.0525. The monoisotopic (exact) mass is 268 g/mol. The summed E-state index contributed by atoms with van der Waals surface area (Å²) < 4.78 is 6.96. The van der Waals surface area contributed by atoms with E-state index in [0.29, 0.717) is 17.7 Å². The van der Waals surface area contributed by atoms with Gasteiger partial charge in [0.15, 0.2) is 0 Å². The number of nitrogens with zero attached hydrogens (tertiary/aromatic N) is 2. The molecule has 0 fully saturated rings. The average molecular weight is 268 g/mol. The number of carbonyl (C=O) groups is 1. The van der Waals surface area contributed by atoms with Crippen LogP contribution < -0.4 is 0 Å². The smallest absolute Gasteiger partial charge is 0.341 e. The van der Waals surface area contributed by atoms with E-state index < -0.39 is 5.97 Å². The molecule has 0 amide bonds. The van der Waals surface area contributed by atoms with E-state index in [1.165, 1.54) is 0 Å². The molecule has 0 radical (unpaired) electrons. The minimum atomic E-state index is -0.445. The van der Waals surface area contributed by atoms with Crippen LogP contribution in [0, 0.1) is 25.2 Å². The molecule has 2 aromatic rings. The zero-order valence-electron chi connectivity index (χ0n) is 11.8. The number of rotatable bonds is 3. The molecule has 0 bridgehead atoms. The highest BCUT2D eigenvalue weighted by molar-refractivity contribution is 5.94. The van der Waals surface area contributed by atoms with E-state index in [1.54, 1.807) is 6.92 Å². The fourth-order valence-corrected chi connectivity index (χ4v) is 2.39. The second-order valence-corrected chi connectivity index (χ2v) is 4.42. The van der Waals surface area contributed by atoms with Gasteiger partial charge in [0.1, 0.15) is 6.07 Å². The van der Waals surface area contributed by atoms with Crippen molar-refractivity contribution in [2.75, 3.05) is 6.61 Å². The van der Waals surface area contributed by atoms with Crippen molar-refractivity contribution in [2.24, 2.45) is 0 Å². The Morgan fingerprint density at radius 3 is 2.45 bits per heavy atom. The van der Waals surface area contributed by atoms with E-state index in [2.05, 4.69) is 6.07 Å². The summed E-state index contributed by atoms with van der Waals surface area (Å²) >= 11 is 0. The Balaban J connectivity index is 2.68. The largest absolute Gasteiger partial charge is 0.462 e. The average Bonchev–Trinajstić information content (AvgIpc) is 2.70. The zero-order valence-corrected chi connectivity index (χ0v) is 11.8. The van der Waals surface area contributed by atoms with Crippen LogP contribution in [0.15, 0.2) is 30.3 Å². The lowest BCUT2D eigenvalue weighted by atomic mass is 10.1. The van der Waals surface area contributed by atoms with Crippen LogP contribution in [0.3, 0.4) is 0 Å². The number of carbonyl (C=O) groups excluding carboxylic acids is 1. The molecule has 0 saturated heterocycles. The highest BCUT2D eigenvalue weighted by Gasteiger charge is 2.24. The molecule has 0 unspecified atom stereocenters. The van der Waals surface area contributed by atoms with Crippen LogP contribution >= 0.6 is 0 Å². The fraction of sp³-hybridized carbons (Fsp3) is 0.250. The second-order valence-electron chi connectivity index (χ2n) is 4.42. The summed E-state index contributed by atoms with van der Waals surface area (Å²) in [5.74, 6) is -0.445. The summed E-state index contributed by atoms with van der Waals surface area (Å²) in [7, 11) is 0. The van der Waals surface area contributed by atoms with Gasteiger partial charge in [-0.25, -0.2) is 4.79 Å². The Morgan fingerprint density at radius 1 is 1.25 bits per heavy atom. The van der Waals surface area contributed by atoms with E-state index in [9.17, 15) is 10.1 Å². The maximum Gasteiger partial charge on any atom is 0.341 e. The van der Waals surface area contributed by atoms with Gasteiger partial charge in [0, 0.05) is 17.1 Å². The molecular formula is C16H16N2O2. The molecule has 0 spiro atoms. The molecule has 102 valence electrons. The van der Waals surface area contributed by atoms with Crippen molar-refractivity contribution in [2.45, 2.75) is 20.8 Å². The summed E-state index contributed by atoms with van der Waals surface area (Å²) in [6, 6.07) is 11.8. The van der Waals surface area contributed by atoms with Gasteiger partial charge in [0.2, 0.25) is 0 Å². The predicted octanol–water partition coefficient (Wildman–Crippen LogP) is 3.14. The molecular weight excluding hydrogens is 252 g/mol. The quantitative estimate of drug-likeness (QED) is 0.803. The fourth-order valence-electron chi connectivity index (χ4n) is 2.39. The van der Waals surface area contributed by atoms with Gasteiger partial charge in [-0.2, -0.15) is 5.26 Å². The van der Waals surface area contributed by atoms with Gasteiger partial charge in [0.05, 0.1) is 17.7 Å². The molecule has 20 heavy (non-hydrogen) atoms. The zero-order chi connectivity index (χ0) is 14.7. The highest BCUT2D eigenvalue weighted by Crippen LogP contribution is 2.26. The number of esters is 1. The van der Waals surface area contributed by atoms with E-state index in [4.69, 9.17) is 4.74 Å². The van der Waals surface area contributed by atoms with Crippen molar-refractivity contribution in [3.63, 3.8) is 0 Å². The molecule has 0 aliphatic rings. The van der Waals surface area contributed by atoms with Crippen LogP contribution in [-0.2, 0) is 4.74 Å². The third kappa shape index (κ3) is 2.19. The topological polar surface area (TPSA) is 55.0 Å². The van der Waals surface area contributed by atoms with E-state index >= 15 is 0 Å². The summed E-state index contributed by atoms with van der Waals surface area (Å²) in [4.78, 5) is 12.1. The number of hydrogen-bond acceptors (Lipinski definition) is 3. The maximum atomic E-state index is 12.1. The van der Waals surface area contributed by atoms with Crippen molar-refractivity contribution >= 4 is 5.97 Å². The van der Waals surface area contributed by atoms with Crippen LogP contribution in [0.1, 0.15) is 34.2 Å². The Morgan fingerprint density at radius 2 is 1.90 bits per heavy atom. The Kier molecular flexibility index (Phi) is 3.90. The number of ether oxygens (including phenoxy) is 1. The van der Waals surface area contributed by atoms with Gasteiger partial charge in [-0.05, 0) is 32.9 Å². The molecule has 4 heteroatoms. The summed E-state index contributed by atoms with van der Waals surface area (Å²) in [6.07, 6.45) is 0. The lowest BCUT2D eigenvalue weighted by Gasteiger charge is -2.09. The Labute approximate surface area is 118 Å². The Bertz CT molecular complexity index is 679. The van der Waals surface area contributed by atoms with Crippen molar-refractivity contribution in [3.05, 3.63) is 52.8 Å². The maximum absolute atomic E-state index is 12.1. The normalized spacial score (nSPS) is 10.1. The van der Waals surface area contributed by atoms with Crippen LogP contribution in [0.25, 0.3) is 5.69 Å². The van der Waals surface area contributed by atoms with Crippen molar-refractivity contribution in [1.82, 2.24) is 4.57 Å². The van der Waals surface area contributed by atoms with Crippen LogP contribution in [-0.4, -0.2) is 17.1 Å². The third-order valence-electron chi connectivity index (χ3n) is 3.25. The summed E-state index contributed by atoms with van der Waals surface area (Å²) in [5, 5.41) is 9.33. The first-order valence-corrected chi connectivity index (χ1v) is 6.46. The number of hydrogen-bond donors (Lipinski definition) is 0. The van der Waals surface area contributed by atoms with Crippen LogP contribution in [0.4, 0.5) is 0 Å². The highest BCUT2D eigenvalue weighted by atomic mass is 16.5. The van der Waals surface area contributed by atoms with Gasteiger partial charge >= 0.3 is 5.97 Å². The molecule has 0 aliphatic heterocycles. The number of nitriles is 1. The molecule has 0 saturated carbocycles. The van der Waals surface area contributed by atoms with Crippen molar-refractivity contribution in [1.29, 1.82) is 5.26 Å². The Hall–Kier alpha value is -2.54. The van der Waals surface area contributed by atoms with Crippen LogP contribution in [0.2, 0.25) is 0 Å². The van der Waals surface area contributed by atoms with Crippen molar-refractivity contribution < 1.29 is 9.53 Å². The van der Waals surface area contributed by atoms with Gasteiger partial charge < -0.3 is 9.30 Å². The predicted molar refractivity (Wildman–Crippen MR) is 75.9 cm³/mol. The molecule has 0 N–H and O–H groups in total. The molecule has 2 rings (SSSR count). The van der Waals surface area contributed by atoms with Gasteiger partial charge in [0.25, 0.3) is 0 Å². The number of aromatic nitrogens is 1. The van der Waals surface area contributed by atoms with Crippen molar-refractivity contribution in [3.8, 4) is 11.8 Å². The SMILES string of the molecule is CCOC(=O)c1c(C#N)c(C)n(-c2ccccc2)c1C. The van der Waals surface area contributed by atoms with E-state index in [1.807, 2.05) is 48.7 Å². The second kappa shape index (κ2) is 5.62. The molecule has 1 aromatic heterocycles. The third-order valence-corrected chi connectivity index (χ3v) is 3.25. The summed E-state index contributed by atoms with van der Waals surface area (Å²) in [6.45, 7) is 5.70. The minimum Gasteiger partial charge on any atom is -0.462 e. The molecule has 1 heterocycles. The summed E-state index contributed by atoms with van der Waals surface area (Å²) in [5.41, 5.74) is 3.14. The van der Waals surface area contributed by atoms with Crippen LogP contribution in [0.5, 0.6) is 0 Å². The lowest BCUT2D eigenvalue weighted by Crippen LogP contribution is -2.08. The number of para-hydroxylation sites is 1.